The molecule has 0 saturated carbocycles. The Hall–Kier alpha value is -1.41. The van der Waals surface area contributed by atoms with E-state index in [1.54, 1.807) is 0 Å². The fourth-order valence-electron chi connectivity index (χ4n) is 3.51. The summed E-state index contributed by atoms with van der Waals surface area (Å²) >= 11 is 0. The van der Waals surface area contributed by atoms with Gasteiger partial charge in [0.05, 0.1) is 6.10 Å². The van der Waals surface area contributed by atoms with Crippen LogP contribution in [-0.2, 0) is 11.2 Å². The molecule has 0 spiro atoms. The maximum absolute atomic E-state index is 12.8. The van der Waals surface area contributed by atoms with E-state index in [2.05, 4.69) is 13.0 Å². The molecule has 0 aliphatic heterocycles. The minimum Gasteiger partial charge on any atom is -0.373 e. The van der Waals surface area contributed by atoms with Gasteiger partial charge in [-0.3, -0.25) is 4.79 Å². The molecule has 112 valence electrons. The quantitative estimate of drug-likeness (QED) is 0.745. The van der Waals surface area contributed by atoms with Crippen LogP contribution < -0.4 is 0 Å². The van der Waals surface area contributed by atoms with Crippen molar-refractivity contribution in [2.24, 2.45) is 0 Å². The van der Waals surface area contributed by atoms with Crippen LogP contribution in [0.5, 0.6) is 0 Å². The summed E-state index contributed by atoms with van der Waals surface area (Å²) in [6, 6.07) is 8.04. The number of fused-ring (bicyclic) bond motifs is 1. The van der Waals surface area contributed by atoms with E-state index in [1.165, 1.54) is 24.0 Å². The Labute approximate surface area is 127 Å². The molecule has 0 radical (unpaired) electrons. The molecule has 0 heterocycles. The molecule has 0 saturated heterocycles. The molecule has 21 heavy (non-hydrogen) atoms. The van der Waals surface area contributed by atoms with Crippen LogP contribution in [0.3, 0.4) is 0 Å². The molecular weight excluding hydrogens is 260 g/mol. The van der Waals surface area contributed by atoms with Crippen LogP contribution in [0.1, 0.15) is 61.4 Å². The van der Waals surface area contributed by atoms with Gasteiger partial charge in [-0.2, -0.15) is 0 Å². The van der Waals surface area contributed by atoms with Crippen LogP contribution in [0.15, 0.2) is 35.4 Å². The molecule has 0 aromatic heterocycles. The Morgan fingerprint density at radius 2 is 2.10 bits per heavy atom. The Balaban J connectivity index is 1.78. The van der Waals surface area contributed by atoms with Gasteiger partial charge in [-0.05, 0) is 37.7 Å². The van der Waals surface area contributed by atoms with Gasteiger partial charge in [-0.25, -0.2) is 0 Å². The zero-order valence-corrected chi connectivity index (χ0v) is 12.9. The minimum atomic E-state index is 0.0338. The molecular formula is C19H24O2. The number of ketones is 1. The first kappa shape index (κ1) is 14.5. The largest absolute Gasteiger partial charge is 0.373 e. The number of rotatable bonds is 5. The SMILES string of the molecule is CCCCCOC1CCCC2=C1C(=O)c1ccccc1C2. The van der Waals surface area contributed by atoms with Crippen LogP contribution in [0.25, 0.3) is 0 Å². The second-order valence-electron chi connectivity index (χ2n) is 6.14. The van der Waals surface area contributed by atoms with Crippen LogP contribution in [0.2, 0.25) is 0 Å². The van der Waals surface area contributed by atoms with Gasteiger partial charge in [0, 0.05) is 17.7 Å². The van der Waals surface area contributed by atoms with Crippen molar-refractivity contribution in [3.63, 3.8) is 0 Å². The fourth-order valence-corrected chi connectivity index (χ4v) is 3.51. The number of carbonyl (C=O) groups is 1. The van der Waals surface area contributed by atoms with Gasteiger partial charge in [0.1, 0.15) is 0 Å². The average Bonchev–Trinajstić information content (AvgIpc) is 2.52. The van der Waals surface area contributed by atoms with Crippen molar-refractivity contribution in [1.82, 2.24) is 0 Å². The second-order valence-corrected chi connectivity index (χ2v) is 6.14. The van der Waals surface area contributed by atoms with E-state index >= 15 is 0 Å². The molecule has 1 unspecified atom stereocenters. The highest BCUT2D eigenvalue weighted by molar-refractivity contribution is 6.12. The summed E-state index contributed by atoms with van der Waals surface area (Å²) in [7, 11) is 0. The molecule has 2 heteroatoms. The topological polar surface area (TPSA) is 26.3 Å². The number of hydrogen-bond donors (Lipinski definition) is 0. The summed E-state index contributed by atoms with van der Waals surface area (Å²) < 4.78 is 6.06. The van der Waals surface area contributed by atoms with Gasteiger partial charge < -0.3 is 4.74 Å². The third-order valence-corrected chi connectivity index (χ3v) is 4.63. The third kappa shape index (κ3) is 2.96. The lowest BCUT2D eigenvalue weighted by molar-refractivity contribution is 0.0571. The van der Waals surface area contributed by atoms with Gasteiger partial charge in [0.15, 0.2) is 5.78 Å². The highest BCUT2D eigenvalue weighted by Crippen LogP contribution is 2.36. The van der Waals surface area contributed by atoms with Crippen molar-refractivity contribution in [1.29, 1.82) is 0 Å². The van der Waals surface area contributed by atoms with E-state index in [4.69, 9.17) is 4.74 Å². The van der Waals surface area contributed by atoms with Crippen molar-refractivity contribution < 1.29 is 9.53 Å². The predicted octanol–water partition coefficient (Wildman–Crippen LogP) is 4.48. The van der Waals surface area contributed by atoms with Gasteiger partial charge in [-0.15, -0.1) is 0 Å². The lowest BCUT2D eigenvalue weighted by atomic mass is 9.77. The first-order valence-corrected chi connectivity index (χ1v) is 8.27. The number of carbonyl (C=O) groups excluding carboxylic acids is 1. The van der Waals surface area contributed by atoms with Crippen molar-refractivity contribution in [3.05, 3.63) is 46.5 Å². The number of ether oxygens (including phenoxy) is 1. The number of allylic oxidation sites excluding steroid dienone is 1. The Bertz CT molecular complexity index is 556. The highest BCUT2D eigenvalue weighted by atomic mass is 16.5. The minimum absolute atomic E-state index is 0.0338. The van der Waals surface area contributed by atoms with Crippen molar-refractivity contribution in [2.45, 2.75) is 58.0 Å². The normalized spacial score (nSPS) is 21.2. The van der Waals surface area contributed by atoms with Crippen LogP contribution >= 0.6 is 0 Å². The Kier molecular flexibility index (Phi) is 4.54. The molecule has 1 atom stereocenters. The average molecular weight is 284 g/mol. The van der Waals surface area contributed by atoms with Gasteiger partial charge in [-0.1, -0.05) is 49.6 Å². The lowest BCUT2D eigenvalue weighted by Gasteiger charge is -2.31. The first-order valence-electron chi connectivity index (χ1n) is 8.27. The monoisotopic (exact) mass is 284 g/mol. The zero-order valence-electron chi connectivity index (χ0n) is 12.9. The molecule has 0 amide bonds. The third-order valence-electron chi connectivity index (χ3n) is 4.63. The summed E-state index contributed by atoms with van der Waals surface area (Å²) in [5.41, 5.74) is 4.38. The predicted molar refractivity (Wildman–Crippen MR) is 84.6 cm³/mol. The van der Waals surface area contributed by atoms with Gasteiger partial charge >= 0.3 is 0 Å². The highest BCUT2D eigenvalue weighted by Gasteiger charge is 2.33. The smallest absolute Gasteiger partial charge is 0.191 e. The number of unbranched alkanes of at least 4 members (excludes halogenated alkanes) is 2. The van der Waals surface area contributed by atoms with Crippen LogP contribution in [0, 0.1) is 0 Å². The molecule has 3 rings (SSSR count). The van der Waals surface area contributed by atoms with Crippen LogP contribution in [0.4, 0.5) is 0 Å². The molecule has 2 aliphatic rings. The van der Waals surface area contributed by atoms with Gasteiger partial charge in [0.2, 0.25) is 0 Å². The fraction of sp³-hybridized carbons (Fsp3) is 0.526. The molecule has 0 bridgehead atoms. The van der Waals surface area contributed by atoms with E-state index in [-0.39, 0.29) is 11.9 Å². The van der Waals surface area contributed by atoms with Crippen molar-refractivity contribution >= 4 is 5.78 Å². The summed E-state index contributed by atoms with van der Waals surface area (Å²) in [6.07, 6.45) is 7.68. The lowest BCUT2D eigenvalue weighted by Crippen LogP contribution is -2.30. The molecule has 0 fully saturated rings. The molecule has 1 aromatic carbocycles. The standard InChI is InChI=1S/C19H24O2/c1-2-3-6-12-21-17-11-7-9-15-13-14-8-4-5-10-16(14)19(20)18(15)17/h4-5,8,10,17H,2-3,6-7,9,11-13H2,1H3. The number of Topliss-reactive ketones (excluding diaryl/α,β-unsaturated/α-hetero) is 1. The van der Waals surface area contributed by atoms with E-state index in [0.717, 1.165) is 49.8 Å². The van der Waals surface area contributed by atoms with Crippen molar-refractivity contribution in [3.8, 4) is 0 Å². The summed E-state index contributed by atoms with van der Waals surface area (Å²) in [5, 5.41) is 0. The maximum atomic E-state index is 12.8. The summed E-state index contributed by atoms with van der Waals surface area (Å²) in [4.78, 5) is 12.8. The molecule has 2 nitrogen and oxygen atoms in total. The summed E-state index contributed by atoms with van der Waals surface area (Å²) in [5.74, 6) is 0.215. The Morgan fingerprint density at radius 1 is 1.24 bits per heavy atom. The number of hydrogen-bond acceptors (Lipinski definition) is 2. The molecule has 0 N–H and O–H groups in total. The van der Waals surface area contributed by atoms with E-state index in [0.29, 0.717) is 0 Å². The van der Waals surface area contributed by atoms with Crippen LogP contribution in [-0.4, -0.2) is 18.5 Å². The van der Waals surface area contributed by atoms with E-state index in [9.17, 15) is 4.79 Å². The zero-order chi connectivity index (χ0) is 14.7. The second kappa shape index (κ2) is 6.57. The first-order chi connectivity index (χ1) is 10.3. The van der Waals surface area contributed by atoms with E-state index in [1.807, 2.05) is 18.2 Å². The van der Waals surface area contributed by atoms with Crippen molar-refractivity contribution in [2.75, 3.05) is 6.61 Å². The number of benzene rings is 1. The van der Waals surface area contributed by atoms with E-state index < -0.39 is 0 Å². The Morgan fingerprint density at radius 3 is 2.95 bits per heavy atom. The molecule has 2 aliphatic carbocycles. The summed E-state index contributed by atoms with van der Waals surface area (Å²) in [6.45, 7) is 2.98. The maximum Gasteiger partial charge on any atom is 0.191 e. The molecule has 1 aromatic rings. The van der Waals surface area contributed by atoms with Gasteiger partial charge in [0.25, 0.3) is 0 Å².